The summed E-state index contributed by atoms with van der Waals surface area (Å²) in [5.41, 5.74) is 4.85. The van der Waals surface area contributed by atoms with E-state index in [0.717, 1.165) is 28.8 Å². The third kappa shape index (κ3) is 4.67. The van der Waals surface area contributed by atoms with Gasteiger partial charge in [0.2, 0.25) is 5.95 Å². The zero-order valence-corrected chi connectivity index (χ0v) is 15.8. The third-order valence-corrected chi connectivity index (χ3v) is 4.45. The molecule has 1 amide bonds. The summed E-state index contributed by atoms with van der Waals surface area (Å²) in [7, 11) is 1.78. The van der Waals surface area contributed by atoms with Crippen LogP contribution in [0.1, 0.15) is 27.0 Å². The fourth-order valence-electron chi connectivity index (χ4n) is 2.79. The minimum atomic E-state index is -0.0947. The Bertz CT molecular complexity index is 889. The molecule has 1 aromatic carbocycles. The Labute approximate surface area is 159 Å². The summed E-state index contributed by atoms with van der Waals surface area (Å²) >= 11 is 0. The molecule has 2 aromatic heterocycles. The second-order valence-corrected chi connectivity index (χ2v) is 6.52. The third-order valence-electron chi connectivity index (χ3n) is 4.45. The van der Waals surface area contributed by atoms with Crippen LogP contribution in [-0.4, -0.2) is 39.4 Å². The van der Waals surface area contributed by atoms with Crippen LogP contribution in [0.25, 0.3) is 0 Å². The lowest BCUT2D eigenvalue weighted by molar-refractivity contribution is 0.0796. The molecule has 0 bridgehead atoms. The zero-order valence-electron chi connectivity index (χ0n) is 15.8. The molecular weight excluding hydrogens is 338 g/mol. The number of hydrogen-bond donors (Lipinski definition) is 1. The van der Waals surface area contributed by atoms with Crippen molar-refractivity contribution in [3.05, 3.63) is 77.4 Å². The van der Waals surface area contributed by atoms with E-state index in [1.807, 2.05) is 44.2 Å². The van der Waals surface area contributed by atoms with Crippen LogP contribution in [-0.2, 0) is 6.42 Å². The van der Waals surface area contributed by atoms with E-state index in [2.05, 4.69) is 20.3 Å². The number of likely N-dealkylation sites (N-methyl/N-ethyl adjacent to an activating group) is 1. The molecule has 0 fully saturated rings. The van der Waals surface area contributed by atoms with Gasteiger partial charge in [-0.1, -0.05) is 18.2 Å². The summed E-state index contributed by atoms with van der Waals surface area (Å²) in [5.74, 6) is 0.381. The number of amides is 1. The first-order valence-corrected chi connectivity index (χ1v) is 8.84. The van der Waals surface area contributed by atoms with Crippen LogP contribution < -0.4 is 5.32 Å². The minimum Gasteiger partial charge on any atom is -0.341 e. The molecule has 1 N–H and O–H groups in total. The fourth-order valence-corrected chi connectivity index (χ4v) is 2.79. The van der Waals surface area contributed by atoms with Gasteiger partial charge >= 0.3 is 0 Å². The Morgan fingerprint density at radius 2 is 1.67 bits per heavy atom. The van der Waals surface area contributed by atoms with Crippen molar-refractivity contribution in [3.8, 4) is 0 Å². The Morgan fingerprint density at radius 3 is 2.30 bits per heavy atom. The van der Waals surface area contributed by atoms with Gasteiger partial charge < -0.3 is 10.2 Å². The van der Waals surface area contributed by atoms with Gasteiger partial charge in [0.15, 0.2) is 0 Å². The summed E-state index contributed by atoms with van der Waals surface area (Å²) < 4.78 is 0. The van der Waals surface area contributed by atoms with Crippen LogP contribution in [0.4, 0.5) is 11.6 Å². The van der Waals surface area contributed by atoms with Gasteiger partial charge in [-0.15, -0.1) is 0 Å². The van der Waals surface area contributed by atoms with Crippen molar-refractivity contribution < 1.29 is 4.79 Å². The molecule has 6 nitrogen and oxygen atoms in total. The summed E-state index contributed by atoms with van der Waals surface area (Å²) in [6.45, 7) is 4.68. The number of pyridine rings is 1. The minimum absolute atomic E-state index is 0.0947. The lowest BCUT2D eigenvalue weighted by Crippen LogP contribution is -2.29. The van der Waals surface area contributed by atoms with E-state index in [1.165, 1.54) is 0 Å². The highest BCUT2D eigenvalue weighted by atomic mass is 16.2. The average Bonchev–Trinajstić information content (AvgIpc) is 2.70. The van der Waals surface area contributed by atoms with Crippen LogP contribution in [0.5, 0.6) is 0 Å². The lowest BCUT2D eigenvalue weighted by Gasteiger charge is -2.17. The number of carbonyl (C=O) groups excluding carboxylic acids is 1. The van der Waals surface area contributed by atoms with Gasteiger partial charge in [0.25, 0.3) is 5.91 Å². The van der Waals surface area contributed by atoms with Crippen molar-refractivity contribution >= 4 is 17.5 Å². The molecule has 0 radical (unpaired) electrons. The van der Waals surface area contributed by atoms with Crippen LogP contribution in [0, 0.1) is 13.8 Å². The molecule has 138 valence electrons. The van der Waals surface area contributed by atoms with Crippen molar-refractivity contribution in [1.29, 1.82) is 0 Å². The fraction of sp³-hybridized carbons (Fsp3) is 0.238. The second-order valence-electron chi connectivity index (χ2n) is 6.52. The molecule has 0 aliphatic heterocycles. The zero-order chi connectivity index (χ0) is 19.2. The molecule has 2 heterocycles. The number of carbonyl (C=O) groups is 1. The highest BCUT2D eigenvalue weighted by Gasteiger charge is 2.13. The summed E-state index contributed by atoms with van der Waals surface area (Å²) in [6.07, 6.45) is 7.42. The summed E-state index contributed by atoms with van der Waals surface area (Å²) in [4.78, 5) is 26.8. The van der Waals surface area contributed by atoms with Crippen molar-refractivity contribution in [2.75, 3.05) is 18.9 Å². The molecule has 0 spiro atoms. The molecule has 0 aliphatic rings. The van der Waals surface area contributed by atoms with E-state index in [1.54, 1.807) is 36.7 Å². The van der Waals surface area contributed by atoms with E-state index < -0.39 is 0 Å². The quantitative estimate of drug-likeness (QED) is 0.727. The van der Waals surface area contributed by atoms with Crippen molar-refractivity contribution in [1.82, 2.24) is 19.9 Å². The number of nitrogens with one attached hydrogen (secondary N) is 1. The normalized spacial score (nSPS) is 10.5. The smallest absolute Gasteiger partial charge is 0.256 e. The van der Waals surface area contributed by atoms with Gasteiger partial charge in [-0.05, 0) is 49.1 Å². The first-order chi connectivity index (χ1) is 13.0. The predicted octanol–water partition coefficient (Wildman–Crippen LogP) is 3.55. The van der Waals surface area contributed by atoms with Crippen molar-refractivity contribution in [3.63, 3.8) is 0 Å². The Morgan fingerprint density at radius 1 is 1.04 bits per heavy atom. The van der Waals surface area contributed by atoms with Crippen LogP contribution in [0.2, 0.25) is 0 Å². The molecule has 0 saturated heterocycles. The number of rotatable bonds is 6. The number of benzene rings is 1. The number of aryl methyl sites for hydroxylation is 2. The number of anilines is 2. The highest BCUT2D eigenvalue weighted by molar-refractivity contribution is 5.93. The molecule has 27 heavy (non-hydrogen) atoms. The van der Waals surface area contributed by atoms with Gasteiger partial charge in [0, 0.05) is 44.1 Å². The Hall–Kier alpha value is -3.28. The molecule has 3 rings (SSSR count). The maximum atomic E-state index is 12.6. The van der Waals surface area contributed by atoms with E-state index in [9.17, 15) is 4.79 Å². The maximum Gasteiger partial charge on any atom is 0.256 e. The molecule has 0 aliphatic carbocycles. The van der Waals surface area contributed by atoms with Crippen LogP contribution in [0.3, 0.4) is 0 Å². The number of nitrogens with zero attached hydrogens (tertiary/aromatic N) is 4. The molecular formula is C21H23N5O. The number of para-hydroxylation sites is 1. The predicted molar refractivity (Wildman–Crippen MR) is 106 cm³/mol. The maximum absolute atomic E-state index is 12.6. The summed E-state index contributed by atoms with van der Waals surface area (Å²) in [6, 6.07) is 9.99. The lowest BCUT2D eigenvalue weighted by atomic mass is 10.1. The largest absolute Gasteiger partial charge is 0.341 e. The van der Waals surface area contributed by atoms with Gasteiger partial charge in [0.05, 0.1) is 5.56 Å². The Kier molecular flexibility index (Phi) is 5.76. The molecule has 0 atom stereocenters. The van der Waals surface area contributed by atoms with E-state index in [-0.39, 0.29) is 5.91 Å². The monoisotopic (exact) mass is 361 g/mol. The molecule has 3 aromatic rings. The van der Waals surface area contributed by atoms with E-state index in [0.29, 0.717) is 18.1 Å². The van der Waals surface area contributed by atoms with Gasteiger partial charge in [-0.3, -0.25) is 9.78 Å². The SMILES string of the molecule is Cc1cccc(C)c1Nc1ncc(C(=O)N(C)CCc2ccncc2)cn1. The molecule has 0 unspecified atom stereocenters. The second kappa shape index (κ2) is 8.40. The standard InChI is InChI=1S/C21H23N5O/c1-15-5-4-6-16(2)19(15)25-21-23-13-18(14-24-21)20(27)26(3)12-9-17-7-10-22-11-8-17/h4-8,10-11,13-14H,9,12H2,1-3H3,(H,23,24,25). The van der Waals surface area contributed by atoms with E-state index in [4.69, 9.17) is 0 Å². The molecule has 6 heteroatoms. The van der Waals surface area contributed by atoms with E-state index >= 15 is 0 Å². The first kappa shape index (κ1) is 18.5. The van der Waals surface area contributed by atoms with Gasteiger partial charge in [-0.2, -0.15) is 0 Å². The number of aromatic nitrogens is 3. The van der Waals surface area contributed by atoms with Gasteiger partial charge in [0.1, 0.15) is 0 Å². The van der Waals surface area contributed by atoms with Crippen LogP contribution >= 0.6 is 0 Å². The van der Waals surface area contributed by atoms with Gasteiger partial charge in [-0.25, -0.2) is 9.97 Å². The Balaban J connectivity index is 1.63. The van der Waals surface area contributed by atoms with Crippen molar-refractivity contribution in [2.45, 2.75) is 20.3 Å². The first-order valence-electron chi connectivity index (χ1n) is 8.84. The highest BCUT2D eigenvalue weighted by Crippen LogP contribution is 2.22. The summed E-state index contributed by atoms with van der Waals surface area (Å²) in [5, 5.41) is 3.23. The topological polar surface area (TPSA) is 71.0 Å². The number of hydrogen-bond acceptors (Lipinski definition) is 5. The average molecular weight is 361 g/mol. The molecule has 0 saturated carbocycles. The van der Waals surface area contributed by atoms with Crippen molar-refractivity contribution in [2.24, 2.45) is 0 Å². The van der Waals surface area contributed by atoms with Crippen LogP contribution in [0.15, 0.2) is 55.1 Å².